The lowest BCUT2D eigenvalue weighted by molar-refractivity contribution is -0.116. The molecule has 7 heteroatoms. The van der Waals surface area contributed by atoms with Gasteiger partial charge in [0.15, 0.2) is 0 Å². The molecule has 102 valence electrons. The van der Waals surface area contributed by atoms with Gasteiger partial charge in [0, 0.05) is 5.69 Å². The predicted octanol–water partition coefficient (Wildman–Crippen LogP) is 1.00. The molecule has 0 aliphatic heterocycles. The Morgan fingerprint density at radius 2 is 1.75 bits per heavy atom. The van der Waals surface area contributed by atoms with Crippen LogP contribution in [0.25, 0.3) is 0 Å². The number of nitrogens with zero attached hydrogens (tertiary/aromatic N) is 4. The Balaban J connectivity index is 2.62. The average molecular weight is 270 g/mol. The van der Waals surface area contributed by atoms with Gasteiger partial charge in [-0.15, -0.1) is 0 Å². The van der Waals surface area contributed by atoms with Crippen LogP contribution in [0.5, 0.6) is 0 Å². The second kappa shape index (κ2) is 7.52. The number of hydrogen-bond acceptors (Lipinski definition) is 6. The molecule has 0 unspecified atom stereocenters. The number of anilines is 2. The minimum Gasteiger partial charge on any atom is -0.325 e. The standard InChI is InChI=1S/C13H14N6O/c1-19(2)9-13(20)16-10-3-5-11(6-4-10)17-18-12(7-14)8-15/h3-6,17H,9H2,1-2H3,(H,16,20). The predicted molar refractivity (Wildman–Crippen MR) is 75.9 cm³/mol. The summed E-state index contributed by atoms with van der Waals surface area (Å²) in [6.45, 7) is 0.304. The first-order valence-corrected chi connectivity index (χ1v) is 5.73. The smallest absolute Gasteiger partial charge is 0.238 e. The van der Waals surface area contributed by atoms with Crippen molar-refractivity contribution in [3.05, 3.63) is 24.3 Å². The number of rotatable bonds is 5. The molecular weight excluding hydrogens is 256 g/mol. The van der Waals surface area contributed by atoms with Crippen molar-refractivity contribution < 1.29 is 4.79 Å². The van der Waals surface area contributed by atoms with E-state index in [0.717, 1.165) is 0 Å². The molecule has 0 bridgehead atoms. The fraction of sp³-hybridized carbons (Fsp3) is 0.231. The monoisotopic (exact) mass is 270 g/mol. The van der Waals surface area contributed by atoms with Crippen molar-refractivity contribution in [3.63, 3.8) is 0 Å². The number of amides is 1. The van der Waals surface area contributed by atoms with E-state index in [4.69, 9.17) is 10.5 Å². The van der Waals surface area contributed by atoms with Crippen LogP contribution in [-0.4, -0.2) is 37.2 Å². The largest absolute Gasteiger partial charge is 0.325 e. The molecule has 0 fully saturated rings. The Morgan fingerprint density at radius 1 is 1.20 bits per heavy atom. The number of nitrogens with one attached hydrogen (secondary N) is 2. The zero-order valence-corrected chi connectivity index (χ0v) is 11.2. The maximum atomic E-state index is 11.5. The summed E-state index contributed by atoms with van der Waals surface area (Å²) in [5.41, 5.74) is 3.59. The van der Waals surface area contributed by atoms with Gasteiger partial charge in [0.05, 0.1) is 12.2 Å². The van der Waals surface area contributed by atoms with Gasteiger partial charge in [0.1, 0.15) is 12.1 Å². The van der Waals surface area contributed by atoms with Crippen molar-refractivity contribution in [3.8, 4) is 12.1 Å². The number of carbonyl (C=O) groups is 1. The number of nitriles is 2. The number of likely N-dealkylation sites (N-methyl/N-ethyl adjacent to an activating group) is 1. The molecule has 1 aromatic rings. The van der Waals surface area contributed by atoms with Crippen molar-refractivity contribution in [2.75, 3.05) is 31.4 Å². The molecule has 0 saturated heterocycles. The molecule has 1 rings (SSSR count). The normalized spacial score (nSPS) is 9.25. The lowest BCUT2D eigenvalue weighted by atomic mass is 10.3. The first-order chi connectivity index (χ1) is 9.55. The zero-order chi connectivity index (χ0) is 15.0. The Labute approximate surface area is 117 Å². The summed E-state index contributed by atoms with van der Waals surface area (Å²) < 4.78 is 0. The summed E-state index contributed by atoms with van der Waals surface area (Å²) >= 11 is 0. The highest BCUT2D eigenvalue weighted by atomic mass is 16.2. The van der Waals surface area contributed by atoms with Crippen LogP contribution in [0, 0.1) is 22.7 Å². The fourth-order valence-corrected chi connectivity index (χ4v) is 1.31. The number of hydrogen-bond donors (Lipinski definition) is 2. The third kappa shape index (κ3) is 5.17. The zero-order valence-electron chi connectivity index (χ0n) is 11.2. The summed E-state index contributed by atoms with van der Waals surface area (Å²) in [7, 11) is 3.62. The first kappa shape index (κ1) is 15.2. The van der Waals surface area contributed by atoms with Crippen molar-refractivity contribution >= 4 is 23.0 Å². The molecule has 0 aliphatic carbocycles. The van der Waals surface area contributed by atoms with E-state index in [1.165, 1.54) is 0 Å². The van der Waals surface area contributed by atoms with Gasteiger partial charge in [-0.2, -0.15) is 15.6 Å². The number of benzene rings is 1. The van der Waals surface area contributed by atoms with Crippen LogP contribution in [0.1, 0.15) is 0 Å². The van der Waals surface area contributed by atoms with Gasteiger partial charge >= 0.3 is 0 Å². The molecule has 1 aromatic carbocycles. The maximum absolute atomic E-state index is 11.5. The highest BCUT2D eigenvalue weighted by molar-refractivity contribution is 6.10. The molecule has 0 radical (unpaired) electrons. The van der Waals surface area contributed by atoms with Crippen LogP contribution in [-0.2, 0) is 4.79 Å². The molecule has 0 heterocycles. The quantitative estimate of drug-likeness (QED) is 0.613. The van der Waals surface area contributed by atoms with Crippen LogP contribution in [0.3, 0.4) is 0 Å². The molecule has 20 heavy (non-hydrogen) atoms. The number of hydrazone groups is 1. The molecule has 7 nitrogen and oxygen atoms in total. The minimum atomic E-state index is -0.256. The Kier molecular flexibility index (Phi) is 5.70. The van der Waals surface area contributed by atoms with Crippen molar-refractivity contribution in [2.45, 2.75) is 0 Å². The van der Waals surface area contributed by atoms with E-state index in [1.54, 1.807) is 41.3 Å². The average Bonchev–Trinajstić information content (AvgIpc) is 2.40. The van der Waals surface area contributed by atoms with E-state index in [0.29, 0.717) is 17.9 Å². The molecule has 0 aromatic heterocycles. The number of carbonyl (C=O) groups excluding carboxylic acids is 1. The van der Waals surface area contributed by atoms with Gasteiger partial charge in [0.2, 0.25) is 11.6 Å². The van der Waals surface area contributed by atoms with Crippen LogP contribution in [0.4, 0.5) is 11.4 Å². The van der Waals surface area contributed by atoms with Gasteiger partial charge in [-0.25, -0.2) is 0 Å². The molecular formula is C13H14N6O. The van der Waals surface area contributed by atoms with Gasteiger partial charge in [0.25, 0.3) is 0 Å². The van der Waals surface area contributed by atoms with Gasteiger partial charge in [-0.3, -0.25) is 10.2 Å². The molecule has 0 atom stereocenters. The summed E-state index contributed by atoms with van der Waals surface area (Å²) in [5, 5.41) is 23.4. The van der Waals surface area contributed by atoms with Crippen LogP contribution < -0.4 is 10.7 Å². The highest BCUT2D eigenvalue weighted by Crippen LogP contribution is 2.13. The van der Waals surface area contributed by atoms with E-state index in [9.17, 15) is 4.79 Å². The first-order valence-electron chi connectivity index (χ1n) is 5.73. The lowest BCUT2D eigenvalue weighted by Gasteiger charge is -2.10. The van der Waals surface area contributed by atoms with Crippen molar-refractivity contribution in [1.29, 1.82) is 10.5 Å². The van der Waals surface area contributed by atoms with E-state index < -0.39 is 0 Å². The van der Waals surface area contributed by atoms with Crippen molar-refractivity contribution in [1.82, 2.24) is 4.90 Å². The minimum absolute atomic E-state index is 0.107. The summed E-state index contributed by atoms with van der Waals surface area (Å²) in [4.78, 5) is 13.3. The van der Waals surface area contributed by atoms with Gasteiger partial charge < -0.3 is 10.2 Å². The highest BCUT2D eigenvalue weighted by Gasteiger charge is 2.03. The maximum Gasteiger partial charge on any atom is 0.238 e. The Morgan fingerprint density at radius 3 is 2.25 bits per heavy atom. The van der Waals surface area contributed by atoms with Crippen LogP contribution in [0.2, 0.25) is 0 Å². The third-order valence-corrected chi connectivity index (χ3v) is 2.14. The fourth-order valence-electron chi connectivity index (χ4n) is 1.31. The van der Waals surface area contributed by atoms with E-state index >= 15 is 0 Å². The van der Waals surface area contributed by atoms with Crippen LogP contribution in [0.15, 0.2) is 29.4 Å². The molecule has 0 aliphatic rings. The summed E-state index contributed by atoms with van der Waals surface area (Å²) in [6.07, 6.45) is 0. The molecule has 0 saturated carbocycles. The summed E-state index contributed by atoms with van der Waals surface area (Å²) in [6, 6.07) is 10.0. The second-order valence-electron chi connectivity index (χ2n) is 4.16. The molecule has 1 amide bonds. The lowest BCUT2D eigenvalue weighted by Crippen LogP contribution is -2.27. The van der Waals surface area contributed by atoms with Crippen LogP contribution >= 0.6 is 0 Å². The Bertz CT molecular complexity index is 560. The second-order valence-corrected chi connectivity index (χ2v) is 4.16. The van der Waals surface area contributed by atoms with Gasteiger partial charge in [-0.05, 0) is 38.4 Å². The SMILES string of the molecule is CN(C)CC(=O)Nc1ccc(NN=C(C#N)C#N)cc1. The Hall–Kier alpha value is -2.90. The topological polar surface area (TPSA) is 104 Å². The molecule has 0 spiro atoms. The van der Waals surface area contributed by atoms with Crippen molar-refractivity contribution in [2.24, 2.45) is 5.10 Å². The third-order valence-electron chi connectivity index (χ3n) is 2.14. The van der Waals surface area contributed by atoms with Gasteiger partial charge in [-0.1, -0.05) is 0 Å². The van der Waals surface area contributed by atoms with E-state index in [1.807, 2.05) is 14.1 Å². The van der Waals surface area contributed by atoms with E-state index in [-0.39, 0.29) is 11.6 Å². The molecule has 2 N–H and O–H groups in total. The summed E-state index contributed by atoms with van der Waals surface area (Å²) in [5.74, 6) is -0.107. The van der Waals surface area contributed by atoms with E-state index in [2.05, 4.69) is 15.8 Å².